The van der Waals surface area contributed by atoms with E-state index in [9.17, 15) is 4.79 Å². The van der Waals surface area contributed by atoms with E-state index >= 15 is 0 Å². The smallest absolute Gasteiger partial charge is 0.234 e. The number of hydrogen-bond acceptors (Lipinski definition) is 6. The fourth-order valence-corrected chi connectivity index (χ4v) is 4.19. The summed E-state index contributed by atoms with van der Waals surface area (Å²) in [5, 5.41) is 8.31. The Morgan fingerprint density at radius 2 is 1.78 bits per heavy atom. The number of nitrogens with one attached hydrogen (secondary N) is 1. The van der Waals surface area contributed by atoms with Crippen LogP contribution in [-0.4, -0.2) is 40.5 Å². The third-order valence-electron chi connectivity index (χ3n) is 4.95. The quantitative estimate of drug-likeness (QED) is 0.324. The van der Waals surface area contributed by atoms with Crippen LogP contribution in [0.2, 0.25) is 0 Å². The third-order valence-corrected chi connectivity index (χ3v) is 5.94. The summed E-state index contributed by atoms with van der Waals surface area (Å²) in [7, 11) is 3.22. The van der Waals surface area contributed by atoms with Crippen molar-refractivity contribution in [2.75, 3.05) is 25.3 Å². The van der Waals surface area contributed by atoms with E-state index in [0.717, 1.165) is 38.7 Å². The lowest BCUT2D eigenvalue weighted by atomic mass is 10.1. The fourth-order valence-electron chi connectivity index (χ4n) is 3.33. The van der Waals surface area contributed by atoms with E-state index < -0.39 is 0 Å². The van der Waals surface area contributed by atoms with E-state index in [2.05, 4.69) is 15.4 Å². The number of aryl methyl sites for hydroxylation is 2. The number of ether oxygens (including phenoxy) is 2. The molecule has 2 heterocycles. The molecule has 0 aliphatic heterocycles. The Hall–Kier alpha value is -3.52. The molecule has 0 unspecified atom stereocenters. The van der Waals surface area contributed by atoms with Gasteiger partial charge < -0.3 is 14.8 Å². The van der Waals surface area contributed by atoms with Crippen LogP contribution >= 0.6 is 11.8 Å². The van der Waals surface area contributed by atoms with E-state index in [1.54, 1.807) is 24.9 Å². The number of carbonyl (C=O) groups excluding carboxylic acids is 1. The normalized spacial score (nSPS) is 10.9. The lowest BCUT2D eigenvalue weighted by Gasteiger charge is -2.10. The first-order chi connectivity index (χ1) is 15.5. The lowest BCUT2D eigenvalue weighted by molar-refractivity contribution is -0.113. The zero-order chi connectivity index (χ0) is 22.7. The van der Waals surface area contributed by atoms with Gasteiger partial charge in [-0.25, -0.2) is 9.50 Å². The first-order valence-electron chi connectivity index (χ1n) is 10.1. The van der Waals surface area contributed by atoms with Crippen LogP contribution in [0.15, 0.2) is 59.8 Å². The van der Waals surface area contributed by atoms with Crippen LogP contribution in [0, 0.1) is 13.8 Å². The van der Waals surface area contributed by atoms with Gasteiger partial charge in [-0.05, 0) is 49.7 Å². The van der Waals surface area contributed by atoms with Crippen LogP contribution in [0.25, 0.3) is 16.8 Å². The van der Waals surface area contributed by atoms with Crippen molar-refractivity contribution in [1.82, 2.24) is 14.6 Å². The molecule has 0 saturated heterocycles. The summed E-state index contributed by atoms with van der Waals surface area (Å²) in [5.41, 5.74) is 5.30. The molecule has 0 aliphatic carbocycles. The Bertz CT molecular complexity index is 1270. The maximum absolute atomic E-state index is 12.4. The topological polar surface area (TPSA) is 77.8 Å². The Labute approximate surface area is 190 Å². The minimum Gasteiger partial charge on any atom is -0.493 e. The van der Waals surface area contributed by atoms with E-state index in [0.29, 0.717) is 11.5 Å². The summed E-state index contributed by atoms with van der Waals surface area (Å²) in [6.07, 6.45) is 1.78. The molecule has 0 aliphatic rings. The number of rotatable bonds is 7. The summed E-state index contributed by atoms with van der Waals surface area (Å²) in [4.78, 5) is 17.1. The number of nitrogens with zero attached hydrogens (tertiary/aromatic N) is 3. The number of anilines is 1. The molecule has 1 N–H and O–H groups in total. The van der Waals surface area contributed by atoms with Crippen molar-refractivity contribution in [2.24, 2.45) is 0 Å². The second-order valence-electron chi connectivity index (χ2n) is 7.30. The molecule has 0 spiro atoms. The van der Waals surface area contributed by atoms with Crippen LogP contribution in [0.4, 0.5) is 5.69 Å². The first kappa shape index (κ1) is 21.7. The molecule has 0 radical (unpaired) electrons. The molecule has 0 atom stereocenters. The van der Waals surface area contributed by atoms with E-state index in [-0.39, 0.29) is 11.7 Å². The van der Waals surface area contributed by atoms with Gasteiger partial charge in [0.2, 0.25) is 5.91 Å². The summed E-state index contributed by atoms with van der Waals surface area (Å²) >= 11 is 1.42. The summed E-state index contributed by atoms with van der Waals surface area (Å²) in [5.74, 6) is 1.48. The van der Waals surface area contributed by atoms with Crippen LogP contribution in [0.3, 0.4) is 0 Å². The zero-order valence-corrected chi connectivity index (χ0v) is 19.2. The number of carbonyl (C=O) groups is 1. The molecule has 1 amide bonds. The van der Waals surface area contributed by atoms with E-state index in [1.807, 2.05) is 62.4 Å². The van der Waals surface area contributed by atoms with Crippen molar-refractivity contribution in [3.05, 3.63) is 66.0 Å². The molecule has 4 aromatic rings. The highest BCUT2D eigenvalue weighted by Crippen LogP contribution is 2.34. The van der Waals surface area contributed by atoms with E-state index in [1.165, 1.54) is 11.8 Å². The highest BCUT2D eigenvalue weighted by Gasteiger charge is 2.15. The van der Waals surface area contributed by atoms with Crippen molar-refractivity contribution >= 4 is 29.0 Å². The third kappa shape index (κ3) is 4.55. The fraction of sp³-hybridized carbons (Fsp3) is 0.208. The standard InChI is InChI=1S/C24H24N4O3S/c1-15-5-8-18(9-6-15)27-22(29)14-32-23-11-16(2)26-24-19(13-25-28(23)24)17-7-10-20(30-3)21(12-17)31-4/h5-13H,14H2,1-4H3,(H,27,29). The number of benzene rings is 2. The summed E-state index contributed by atoms with van der Waals surface area (Å²) in [6, 6.07) is 15.4. The molecule has 32 heavy (non-hydrogen) atoms. The monoisotopic (exact) mass is 448 g/mol. The number of thioether (sulfide) groups is 1. The molecule has 8 heteroatoms. The SMILES string of the molecule is COc1ccc(-c2cnn3c(SCC(=O)Nc4ccc(C)cc4)cc(C)nc23)cc1OC. The first-order valence-corrected chi connectivity index (χ1v) is 11.0. The largest absolute Gasteiger partial charge is 0.493 e. The van der Waals surface area contributed by atoms with Gasteiger partial charge in [-0.3, -0.25) is 4.79 Å². The molecule has 0 saturated carbocycles. The van der Waals surface area contributed by atoms with Crippen LogP contribution in [-0.2, 0) is 4.79 Å². The highest BCUT2D eigenvalue weighted by atomic mass is 32.2. The molecular formula is C24H24N4O3S. The molecule has 0 fully saturated rings. The second-order valence-corrected chi connectivity index (χ2v) is 8.30. The van der Waals surface area contributed by atoms with Crippen LogP contribution in [0.5, 0.6) is 11.5 Å². The van der Waals surface area contributed by atoms with Gasteiger partial charge in [-0.15, -0.1) is 0 Å². The van der Waals surface area contributed by atoms with Gasteiger partial charge in [0.15, 0.2) is 17.1 Å². The molecule has 164 valence electrons. The average Bonchev–Trinajstić information content (AvgIpc) is 3.22. The zero-order valence-electron chi connectivity index (χ0n) is 18.4. The predicted molar refractivity (Wildman–Crippen MR) is 127 cm³/mol. The highest BCUT2D eigenvalue weighted by molar-refractivity contribution is 7.99. The molecule has 4 rings (SSSR count). The van der Waals surface area contributed by atoms with Crippen LogP contribution in [0.1, 0.15) is 11.3 Å². The molecule has 0 bridgehead atoms. The number of aromatic nitrogens is 3. The van der Waals surface area contributed by atoms with Crippen molar-refractivity contribution in [2.45, 2.75) is 18.9 Å². The summed E-state index contributed by atoms with van der Waals surface area (Å²) in [6.45, 7) is 3.95. The van der Waals surface area contributed by atoms with E-state index in [4.69, 9.17) is 9.47 Å². The Morgan fingerprint density at radius 1 is 1.03 bits per heavy atom. The van der Waals surface area contributed by atoms with Gasteiger partial charge in [0.05, 0.1) is 26.2 Å². The van der Waals surface area contributed by atoms with Crippen molar-refractivity contribution in [3.8, 4) is 22.6 Å². The van der Waals surface area contributed by atoms with Crippen molar-refractivity contribution < 1.29 is 14.3 Å². The van der Waals surface area contributed by atoms with Crippen molar-refractivity contribution in [1.29, 1.82) is 0 Å². The number of hydrogen-bond donors (Lipinski definition) is 1. The second kappa shape index (κ2) is 9.32. The summed E-state index contributed by atoms with van der Waals surface area (Å²) < 4.78 is 12.5. The van der Waals surface area contributed by atoms with Gasteiger partial charge in [0, 0.05) is 16.9 Å². The number of methoxy groups -OCH3 is 2. The van der Waals surface area contributed by atoms with Gasteiger partial charge in [-0.2, -0.15) is 5.10 Å². The van der Waals surface area contributed by atoms with Crippen molar-refractivity contribution in [3.63, 3.8) is 0 Å². The average molecular weight is 449 g/mol. The van der Waals surface area contributed by atoms with Gasteiger partial charge >= 0.3 is 0 Å². The minimum atomic E-state index is -0.0752. The molecule has 2 aromatic heterocycles. The predicted octanol–water partition coefficient (Wildman–Crippen LogP) is 4.76. The van der Waals surface area contributed by atoms with Gasteiger partial charge in [-0.1, -0.05) is 35.5 Å². The number of fused-ring (bicyclic) bond motifs is 1. The van der Waals surface area contributed by atoms with Gasteiger partial charge in [0.1, 0.15) is 5.03 Å². The molecule has 7 nitrogen and oxygen atoms in total. The maximum Gasteiger partial charge on any atom is 0.234 e. The molecule has 2 aromatic carbocycles. The van der Waals surface area contributed by atoms with Gasteiger partial charge in [0.25, 0.3) is 0 Å². The maximum atomic E-state index is 12.4. The lowest BCUT2D eigenvalue weighted by Crippen LogP contribution is -2.14. The Morgan fingerprint density at radius 3 is 2.50 bits per heavy atom. The Balaban J connectivity index is 1.58. The van der Waals surface area contributed by atoms with Crippen LogP contribution < -0.4 is 14.8 Å². The minimum absolute atomic E-state index is 0.0752. The number of amides is 1. The Kier molecular flexibility index (Phi) is 6.32. The molecular weight excluding hydrogens is 424 g/mol.